The van der Waals surface area contributed by atoms with Crippen molar-refractivity contribution < 1.29 is 8.42 Å². The molecule has 0 saturated carbocycles. The van der Waals surface area contributed by atoms with Gasteiger partial charge in [0.15, 0.2) is 0 Å². The maximum Gasteiger partial charge on any atom is 0.271 e. The highest BCUT2D eigenvalue weighted by Crippen LogP contribution is 2.31. The van der Waals surface area contributed by atoms with Crippen LogP contribution in [0.25, 0.3) is 0 Å². The largest absolute Gasteiger partial charge is 0.397 e. The van der Waals surface area contributed by atoms with Crippen LogP contribution in [0.2, 0.25) is 5.02 Å². The molecule has 98 valence electrons. The molecule has 0 aliphatic rings. The van der Waals surface area contributed by atoms with E-state index in [1.54, 1.807) is 12.1 Å². The molecule has 5 nitrogen and oxygen atoms in total. The summed E-state index contributed by atoms with van der Waals surface area (Å²) in [5.74, 6) is 0. The lowest BCUT2D eigenvalue weighted by Crippen LogP contribution is -2.13. The van der Waals surface area contributed by atoms with Crippen molar-refractivity contribution in [3.05, 3.63) is 40.2 Å². The molecule has 0 spiro atoms. The van der Waals surface area contributed by atoms with Crippen molar-refractivity contribution in [1.29, 1.82) is 5.26 Å². The Balaban J connectivity index is 2.40. The number of nitrogens with one attached hydrogen (secondary N) is 1. The number of rotatable bonds is 3. The number of sulfonamides is 1. The summed E-state index contributed by atoms with van der Waals surface area (Å²) in [7, 11) is -3.79. The van der Waals surface area contributed by atoms with E-state index in [2.05, 4.69) is 4.72 Å². The Labute approximate surface area is 119 Å². The molecule has 1 heterocycles. The van der Waals surface area contributed by atoms with Crippen LogP contribution in [0.3, 0.4) is 0 Å². The van der Waals surface area contributed by atoms with Crippen molar-refractivity contribution >= 4 is 44.3 Å². The number of anilines is 2. The van der Waals surface area contributed by atoms with Crippen LogP contribution in [0.15, 0.2) is 34.5 Å². The Morgan fingerprint density at radius 1 is 1.32 bits per heavy atom. The summed E-state index contributed by atoms with van der Waals surface area (Å²) in [5, 5.41) is 8.91. The second-order valence-electron chi connectivity index (χ2n) is 3.54. The minimum atomic E-state index is -3.79. The summed E-state index contributed by atoms with van der Waals surface area (Å²) < 4.78 is 26.6. The lowest BCUT2D eigenvalue weighted by atomic mass is 10.3. The van der Waals surface area contributed by atoms with Gasteiger partial charge in [-0.15, -0.1) is 11.3 Å². The third-order valence-electron chi connectivity index (χ3n) is 2.24. The van der Waals surface area contributed by atoms with Gasteiger partial charge in [0.1, 0.15) is 15.2 Å². The van der Waals surface area contributed by atoms with Gasteiger partial charge >= 0.3 is 0 Å². The third-order valence-corrected chi connectivity index (χ3v) is 5.39. The molecule has 0 saturated heterocycles. The first kappa shape index (κ1) is 13.7. The van der Waals surface area contributed by atoms with E-state index in [-0.39, 0.29) is 20.6 Å². The molecule has 0 unspecified atom stereocenters. The first-order valence-electron chi connectivity index (χ1n) is 5.01. The van der Waals surface area contributed by atoms with E-state index in [1.807, 2.05) is 6.07 Å². The maximum absolute atomic E-state index is 12.1. The van der Waals surface area contributed by atoms with Gasteiger partial charge in [-0.1, -0.05) is 17.7 Å². The van der Waals surface area contributed by atoms with Gasteiger partial charge in [-0.05, 0) is 24.3 Å². The molecular formula is C11H8ClN3O2S2. The molecule has 1 aromatic carbocycles. The monoisotopic (exact) mass is 313 g/mol. The lowest BCUT2D eigenvalue weighted by molar-refractivity contribution is 0.603. The molecule has 8 heteroatoms. The molecule has 3 N–H and O–H groups in total. The van der Waals surface area contributed by atoms with Gasteiger partial charge in [0.05, 0.1) is 16.4 Å². The first-order chi connectivity index (χ1) is 8.94. The zero-order chi connectivity index (χ0) is 14.0. The highest BCUT2D eigenvalue weighted by molar-refractivity contribution is 7.94. The van der Waals surface area contributed by atoms with Crippen molar-refractivity contribution in [2.45, 2.75) is 4.21 Å². The molecule has 19 heavy (non-hydrogen) atoms. The predicted molar refractivity (Wildman–Crippen MR) is 75.7 cm³/mol. The summed E-state index contributed by atoms with van der Waals surface area (Å²) >= 11 is 6.77. The number of nitrogens with zero attached hydrogens (tertiary/aromatic N) is 1. The summed E-state index contributed by atoms with van der Waals surface area (Å²) in [6.07, 6.45) is 0. The zero-order valence-electron chi connectivity index (χ0n) is 9.42. The molecule has 0 atom stereocenters. The van der Waals surface area contributed by atoms with E-state index in [4.69, 9.17) is 22.6 Å². The average Bonchev–Trinajstić information content (AvgIpc) is 2.83. The van der Waals surface area contributed by atoms with Crippen molar-refractivity contribution in [2.24, 2.45) is 0 Å². The van der Waals surface area contributed by atoms with E-state index >= 15 is 0 Å². The normalized spacial score (nSPS) is 10.9. The van der Waals surface area contributed by atoms with E-state index in [9.17, 15) is 8.42 Å². The van der Waals surface area contributed by atoms with Gasteiger partial charge < -0.3 is 5.73 Å². The van der Waals surface area contributed by atoms with E-state index in [0.29, 0.717) is 4.88 Å². The molecule has 1 aromatic heterocycles. The first-order valence-corrected chi connectivity index (χ1v) is 7.68. The van der Waals surface area contributed by atoms with E-state index < -0.39 is 10.0 Å². The van der Waals surface area contributed by atoms with Crippen LogP contribution in [0.4, 0.5) is 11.4 Å². The van der Waals surface area contributed by atoms with Crippen molar-refractivity contribution in [2.75, 3.05) is 10.5 Å². The molecule has 0 aliphatic heterocycles. The third kappa shape index (κ3) is 2.81. The summed E-state index contributed by atoms with van der Waals surface area (Å²) in [4.78, 5) is 0.313. The number of hydrogen-bond acceptors (Lipinski definition) is 5. The number of para-hydroxylation sites is 1. The summed E-state index contributed by atoms with van der Waals surface area (Å²) in [6.45, 7) is 0. The molecule has 0 fully saturated rings. The van der Waals surface area contributed by atoms with Gasteiger partial charge in [-0.3, -0.25) is 4.72 Å². The molecule has 2 aromatic rings. The van der Waals surface area contributed by atoms with Crippen LogP contribution in [-0.2, 0) is 10.0 Å². The van der Waals surface area contributed by atoms with Crippen molar-refractivity contribution in [3.8, 4) is 6.07 Å². The van der Waals surface area contributed by atoms with Crippen molar-refractivity contribution in [1.82, 2.24) is 0 Å². The van der Waals surface area contributed by atoms with Gasteiger partial charge in [0, 0.05) is 0 Å². The van der Waals surface area contributed by atoms with Gasteiger partial charge in [-0.25, -0.2) is 8.42 Å². The molecular weight excluding hydrogens is 306 g/mol. The number of benzene rings is 1. The average molecular weight is 314 g/mol. The highest BCUT2D eigenvalue weighted by Gasteiger charge is 2.19. The number of nitriles is 1. The standard InChI is InChI=1S/C11H8ClN3O2S2/c12-8-2-1-3-9(14)11(8)15-19(16,17)10-5-4-7(6-13)18-10/h1-5,15H,14H2. The Hall–Kier alpha value is -1.75. The van der Waals surface area contributed by atoms with Crippen LogP contribution in [0.1, 0.15) is 4.88 Å². The maximum atomic E-state index is 12.1. The van der Waals surface area contributed by atoms with Gasteiger partial charge in [0.25, 0.3) is 10.0 Å². The minimum Gasteiger partial charge on any atom is -0.397 e. The fourth-order valence-electron chi connectivity index (χ4n) is 1.36. The highest BCUT2D eigenvalue weighted by atomic mass is 35.5. The number of nitrogens with two attached hydrogens (primary N) is 1. The molecule has 2 rings (SSSR count). The van der Waals surface area contributed by atoms with E-state index in [0.717, 1.165) is 11.3 Å². The second-order valence-corrected chi connectivity index (χ2v) is 6.94. The molecule has 0 bridgehead atoms. The SMILES string of the molecule is N#Cc1ccc(S(=O)(=O)Nc2c(N)cccc2Cl)s1. The quantitative estimate of drug-likeness (QED) is 0.851. The second kappa shape index (κ2) is 5.09. The fourth-order valence-corrected chi connectivity index (χ4v) is 3.85. The van der Waals surface area contributed by atoms with Crippen LogP contribution in [0.5, 0.6) is 0 Å². The summed E-state index contributed by atoms with van der Waals surface area (Å²) in [6, 6.07) is 9.37. The zero-order valence-corrected chi connectivity index (χ0v) is 11.8. The van der Waals surface area contributed by atoms with Gasteiger partial charge in [-0.2, -0.15) is 5.26 Å². The summed E-state index contributed by atoms with van der Waals surface area (Å²) in [5.41, 5.74) is 6.04. The lowest BCUT2D eigenvalue weighted by Gasteiger charge is -2.10. The Bertz CT molecular complexity index is 742. The van der Waals surface area contributed by atoms with Crippen LogP contribution in [-0.4, -0.2) is 8.42 Å². The molecule has 0 aliphatic carbocycles. The van der Waals surface area contributed by atoms with Crippen LogP contribution in [0, 0.1) is 11.3 Å². The van der Waals surface area contributed by atoms with E-state index in [1.165, 1.54) is 18.2 Å². The van der Waals surface area contributed by atoms with Crippen molar-refractivity contribution in [3.63, 3.8) is 0 Å². The predicted octanol–water partition coefficient (Wildman–Crippen LogP) is 2.66. The Morgan fingerprint density at radius 2 is 2.05 bits per heavy atom. The number of thiophene rings is 1. The number of nitrogen functional groups attached to an aromatic ring is 1. The Kier molecular flexibility index (Phi) is 3.66. The number of hydrogen-bond donors (Lipinski definition) is 2. The minimum absolute atomic E-state index is 0.0309. The Morgan fingerprint density at radius 3 is 2.63 bits per heavy atom. The van der Waals surface area contributed by atoms with Crippen LogP contribution >= 0.6 is 22.9 Å². The van der Waals surface area contributed by atoms with Crippen LogP contribution < -0.4 is 10.5 Å². The topological polar surface area (TPSA) is 96.0 Å². The molecule has 0 amide bonds. The fraction of sp³-hybridized carbons (Fsp3) is 0. The smallest absolute Gasteiger partial charge is 0.271 e. The number of halogens is 1. The molecule has 0 radical (unpaired) electrons. The van der Waals surface area contributed by atoms with Gasteiger partial charge in [0.2, 0.25) is 0 Å².